The third-order valence-electron chi connectivity index (χ3n) is 4.59. The third kappa shape index (κ3) is 5.09. The summed E-state index contributed by atoms with van der Waals surface area (Å²) in [6, 6.07) is 14.0. The molecule has 0 saturated carbocycles. The Morgan fingerprint density at radius 2 is 1.56 bits per heavy atom. The topological polar surface area (TPSA) is 67.4 Å². The Morgan fingerprint density at radius 3 is 2.19 bits per heavy atom. The van der Waals surface area contributed by atoms with Crippen LogP contribution >= 0.6 is 0 Å². The maximum Gasteiger partial charge on any atom is 0.252 e. The first kappa shape index (κ1) is 20.5. The van der Waals surface area contributed by atoms with Crippen LogP contribution in [0.1, 0.15) is 48.3 Å². The fourth-order valence-electron chi connectivity index (χ4n) is 2.99. The minimum atomic E-state index is -0.630. The second kappa shape index (κ2) is 9.21. The van der Waals surface area contributed by atoms with Gasteiger partial charge in [-0.05, 0) is 37.5 Å². The van der Waals surface area contributed by atoms with Gasteiger partial charge in [0.2, 0.25) is 5.91 Å². The molecule has 5 nitrogen and oxygen atoms in total. The summed E-state index contributed by atoms with van der Waals surface area (Å²) in [4.78, 5) is 25.5. The fraction of sp³-hybridized carbons (Fsp3) is 0.364. The molecule has 0 radical (unpaired) electrons. The van der Waals surface area contributed by atoms with Gasteiger partial charge in [-0.2, -0.15) is 0 Å². The van der Waals surface area contributed by atoms with Crippen LogP contribution in [-0.4, -0.2) is 25.0 Å². The van der Waals surface area contributed by atoms with Crippen molar-refractivity contribution in [3.05, 3.63) is 65.2 Å². The highest BCUT2D eigenvalue weighted by molar-refractivity contribution is 5.98. The van der Waals surface area contributed by atoms with Crippen molar-refractivity contribution in [1.29, 1.82) is 0 Å². The van der Waals surface area contributed by atoms with E-state index < -0.39 is 6.04 Å². The largest absolute Gasteiger partial charge is 0.496 e. The van der Waals surface area contributed by atoms with E-state index in [1.54, 1.807) is 13.2 Å². The first-order chi connectivity index (χ1) is 12.8. The van der Waals surface area contributed by atoms with Crippen molar-refractivity contribution in [2.75, 3.05) is 7.11 Å². The molecule has 0 spiro atoms. The molecule has 144 valence electrons. The van der Waals surface area contributed by atoms with Crippen LogP contribution in [0.15, 0.2) is 48.5 Å². The Bertz CT molecular complexity index is 802. The summed E-state index contributed by atoms with van der Waals surface area (Å²) in [6.07, 6.45) is 0. The van der Waals surface area contributed by atoms with E-state index in [0.717, 1.165) is 16.9 Å². The van der Waals surface area contributed by atoms with Crippen molar-refractivity contribution in [2.45, 2.75) is 39.8 Å². The van der Waals surface area contributed by atoms with E-state index in [2.05, 4.69) is 10.6 Å². The molecule has 2 N–H and O–H groups in total. The Balaban J connectivity index is 2.13. The van der Waals surface area contributed by atoms with Gasteiger partial charge in [0.05, 0.1) is 13.2 Å². The normalized spacial score (nSPS) is 13.0. The molecule has 0 saturated heterocycles. The number of para-hydroxylation sites is 1. The molecule has 27 heavy (non-hydrogen) atoms. The van der Waals surface area contributed by atoms with Crippen LogP contribution in [0.3, 0.4) is 0 Å². The van der Waals surface area contributed by atoms with Crippen LogP contribution in [0.25, 0.3) is 0 Å². The molecule has 5 heteroatoms. The summed E-state index contributed by atoms with van der Waals surface area (Å²) in [7, 11) is 1.60. The number of aryl methyl sites for hydroxylation is 1. The zero-order valence-corrected chi connectivity index (χ0v) is 16.6. The number of amides is 2. The second-order valence-corrected chi connectivity index (χ2v) is 6.98. The molecule has 0 bridgehead atoms. The van der Waals surface area contributed by atoms with Crippen LogP contribution in [0.5, 0.6) is 5.75 Å². The van der Waals surface area contributed by atoms with Crippen molar-refractivity contribution >= 4 is 11.8 Å². The van der Waals surface area contributed by atoms with Gasteiger partial charge >= 0.3 is 0 Å². The molecule has 2 unspecified atom stereocenters. The predicted octanol–water partition coefficient (Wildman–Crippen LogP) is 3.64. The number of rotatable bonds is 7. The van der Waals surface area contributed by atoms with E-state index in [0.29, 0.717) is 5.56 Å². The smallest absolute Gasteiger partial charge is 0.252 e. The van der Waals surface area contributed by atoms with Gasteiger partial charge in [-0.25, -0.2) is 0 Å². The quantitative estimate of drug-likeness (QED) is 0.784. The van der Waals surface area contributed by atoms with Crippen molar-refractivity contribution in [3.8, 4) is 5.75 Å². The molecular formula is C22H28N2O3. The third-order valence-corrected chi connectivity index (χ3v) is 4.59. The highest BCUT2D eigenvalue weighted by Gasteiger charge is 2.27. The van der Waals surface area contributed by atoms with Gasteiger partial charge in [0.15, 0.2) is 0 Å². The molecule has 0 aliphatic carbocycles. The van der Waals surface area contributed by atoms with Crippen molar-refractivity contribution in [3.63, 3.8) is 0 Å². The summed E-state index contributed by atoms with van der Waals surface area (Å²) in [5.41, 5.74) is 2.34. The molecule has 2 rings (SSSR count). The van der Waals surface area contributed by atoms with Gasteiger partial charge in [-0.3, -0.25) is 9.59 Å². The van der Waals surface area contributed by atoms with E-state index in [-0.39, 0.29) is 23.8 Å². The number of methoxy groups -OCH3 is 1. The van der Waals surface area contributed by atoms with Crippen LogP contribution < -0.4 is 15.4 Å². The standard InChI is InChI=1S/C22H28N2O3/c1-14(2)20(24-21(25)17-11-7-6-10-15(17)3)22(26)23-16(4)18-12-8-9-13-19(18)27-5/h6-14,16,20H,1-5H3,(H,23,26)(H,24,25). The molecule has 2 atom stereocenters. The zero-order valence-electron chi connectivity index (χ0n) is 16.6. The number of nitrogens with one attached hydrogen (secondary N) is 2. The number of benzene rings is 2. The molecule has 0 heterocycles. The fourth-order valence-corrected chi connectivity index (χ4v) is 2.99. The van der Waals surface area contributed by atoms with Gasteiger partial charge in [0.1, 0.15) is 11.8 Å². The van der Waals surface area contributed by atoms with Gasteiger partial charge < -0.3 is 15.4 Å². The number of hydrogen-bond acceptors (Lipinski definition) is 3. The van der Waals surface area contributed by atoms with E-state index in [1.807, 2.05) is 70.2 Å². The Kier molecular flexibility index (Phi) is 6.99. The molecule has 2 aromatic carbocycles. The van der Waals surface area contributed by atoms with Gasteiger partial charge in [-0.1, -0.05) is 50.2 Å². The van der Waals surface area contributed by atoms with E-state index in [4.69, 9.17) is 4.74 Å². The van der Waals surface area contributed by atoms with Gasteiger partial charge in [0.25, 0.3) is 5.91 Å². The maximum atomic E-state index is 12.9. The Labute approximate surface area is 161 Å². The average molecular weight is 368 g/mol. The molecule has 0 fully saturated rings. The highest BCUT2D eigenvalue weighted by Crippen LogP contribution is 2.24. The molecule has 0 aromatic heterocycles. The zero-order chi connectivity index (χ0) is 20.0. The monoisotopic (exact) mass is 368 g/mol. The number of hydrogen-bond donors (Lipinski definition) is 2. The lowest BCUT2D eigenvalue weighted by molar-refractivity contribution is -0.124. The van der Waals surface area contributed by atoms with Crippen molar-refractivity contribution in [1.82, 2.24) is 10.6 Å². The molecule has 0 aliphatic rings. The van der Waals surface area contributed by atoms with E-state index in [9.17, 15) is 9.59 Å². The van der Waals surface area contributed by atoms with Crippen molar-refractivity contribution < 1.29 is 14.3 Å². The van der Waals surface area contributed by atoms with E-state index in [1.165, 1.54) is 0 Å². The summed E-state index contributed by atoms with van der Waals surface area (Å²) in [5.74, 6) is 0.204. The van der Waals surface area contributed by atoms with Gasteiger partial charge in [0, 0.05) is 11.1 Å². The number of carbonyl (C=O) groups is 2. The first-order valence-corrected chi connectivity index (χ1v) is 9.15. The summed E-state index contributed by atoms with van der Waals surface area (Å²) in [5, 5.41) is 5.87. The molecule has 0 aliphatic heterocycles. The van der Waals surface area contributed by atoms with Crippen LogP contribution in [0, 0.1) is 12.8 Å². The SMILES string of the molecule is COc1ccccc1C(C)NC(=O)C(NC(=O)c1ccccc1C)C(C)C. The maximum absolute atomic E-state index is 12.9. The lowest BCUT2D eigenvalue weighted by Gasteiger charge is -2.25. The summed E-state index contributed by atoms with van der Waals surface area (Å²) in [6.45, 7) is 7.60. The van der Waals surface area contributed by atoms with Crippen molar-refractivity contribution in [2.24, 2.45) is 5.92 Å². The Hall–Kier alpha value is -2.82. The van der Waals surface area contributed by atoms with E-state index >= 15 is 0 Å². The average Bonchev–Trinajstić information content (AvgIpc) is 2.65. The highest BCUT2D eigenvalue weighted by atomic mass is 16.5. The summed E-state index contributed by atoms with van der Waals surface area (Å²) >= 11 is 0. The molecular weight excluding hydrogens is 340 g/mol. The Morgan fingerprint density at radius 1 is 0.926 bits per heavy atom. The number of carbonyl (C=O) groups excluding carboxylic acids is 2. The minimum Gasteiger partial charge on any atom is -0.496 e. The molecule has 2 aromatic rings. The van der Waals surface area contributed by atoms with Crippen LogP contribution in [-0.2, 0) is 4.79 Å². The van der Waals surface area contributed by atoms with Crippen LogP contribution in [0.2, 0.25) is 0 Å². The minimum absolute atomic E-state index is 0.0529. The van der Waals surface area contributed by atoms with Gasteiger partial charge in [-0.15, -0.1) is 0 Å². The van der Waals surface area contributed by atoms with Crippen LogP contribution in [0.4, 0.5) is 0 Å². The second-order valence-electron chi connectivity index (χ2n) is 6.98. The number of ether oxygens (including phenoxy) is 1. The molecule has 2 amide bonds. The lowest BCUT2D eigenvalue weighted by atomic mass is 10.0. The first-order valence-electron chi connectivity index (χ1n) is 9.15. The lowest BCUT2D eigenvalue weighted by Crippen LogP contribution is -2.50. The summed E-state index contributed by atoms with van der Waals surface area (Å²) < 4.78 is 5.37. The predicted molar refractivity (Wildman–Crippen MR) is 107 cm³/mol.